The molecule has 0 saturated carbocycles. The Morgan fingerprint density at radius 1 is 1.04 bits per heavy atom. The number of carbonyl (C=O) groups is 2. The number of halogens is 1. The Hall–Kier alpha value is -2.55. The summed E-state index contributed by atoms with van der Waals surface area (Å²) < 4.78 is 0. The zero-order valence-electron chi connectivity index (χ0n) is 15.1. The standard InChI is InChI=1S/C19H17ClN4O2S2/c1-11-16(17(25)22-14-4-3-5-15(10-14)27-2)28-19(21-11)24-18(26)23-13-8-6-12(20)7-9-13/h3-10H,1-2H3,(H,22,25)(H2,21,23,24,26). The highest BCUT2D eigenvalue weighted by atomic mass is 35.5. The lowest BCUT2D eigenvalue weighted by Gasteiger charge is -2.05. The van der Waals surface area contributed by atoms with Gasteiger partial charge >= 0.3 is 6.03 Å². The minimum atomic E-state index is -0.448. The number of carbonyl (C=O) groups excluding carboxylic acids is 2. The molecule has 0 spiro atoms. The van der Waals surface area contributed by atoms with E-state index in [9.17, 15) is 9.59 Å². The van der Waals surface area contributed by atoms with E-state index in [2.05, 4.69) is 20.9 Å². The summed E-state index contributed by atoms with van der Waals surface area (Å²) in [5.74, 6) is -0.264. The molecule has 1 aromatic heterocycles. The highest BCUT2D eigenvalue weighted by Gasteiger charge is 2.17. The topological polar surface area (TPSA) is 83.1 Å². The lowest BCUT2D eigenvalue weighted by molar-refractivity contribution is 0.102. The van der Waals surface area contributed by atoms with Crippen LogP contribution in [0.3, 0.4) is 0 Å². The quantitative estimate of drug-likeness (QED) is 0.450. The van der Waals surface area contributed by atoms with Crippen LogP contribution < -0.4 is 16.0 Å². The second kappa shape index (κ2) is 9.09. The van der Waals surface area contributed by atoms with Crippen molar-refractivity contribution in [1.29, 1.82) is 0 Å². The average molecular weight is 433 g/mol. The summed E-state index contributed by atoms with van der Waals surface area (Å²) in [7, 11) is 0. The molecule has 0 atom stereocenters. The zero-order valence-corrected chi connectivity index (χ0v) is 17.5. The van der Waals surface area contributed by atoms with E-state index < -0.39 is 6.03 Å². The molecule has 3 N–H and O–H groups in total. The molecular formula is C19H17ClN4O2S2. The van der Waals surface area contributed by atoms with Crippen LogP contribution in [0.15, 0.2) is 53.4 Å². The van der Waals surface area contributed by atoms with Gasteiger partial charge in [0.05, 0.1) is 5.69 Å². The van der Waals surface area contributed by atoms with Crippen molar-refractivity contribution in [3.05, 3.63) is 64.1 Å². The first-order valence-electron chi connectivity index (χ1n) is 8.21. The molecule has 28 heavy (non-hydrogen) atoms. The molecule has 9 heteroatoms. The van der Waals surface area contributed by atoms with Crippen molar-refractivity contribution in [2.45, 2.75) is 11.8 Å². The lowest BCUT2D eigenvalue weighted by atomic mass is 10.3. The van der Waals surface area contributed by atoms with Crippen LogP contribution in [-0.4, -0.2) is 23.2 Å². The number of benzene rings is 2. The van der Waals surface area contributed by atoms with Crippen LogP contribution in [-0.2, 0) is 0 Å². The Morgan fingerprint density at radius 2 is 1.79 bits per heavy atom. The number of aromatic nitrogens is 1. The fourth-order valence-electron chi connectivity index (χ4n) is 2.34. The summed E-state index contributed by atoms with van der Waals surface area (Å²) in [6, 6.07) is 13.9. The second-order valence-electron chi connectivity index (χ2n) is 5.71. The molecule has 0 aliphatic carbocycles. The SMILES string of the molecule is CSc1cccc(NC(=O)c2sc(NC(=O)Nc3ccc(Cl)cc3)nc2C)c1. The Kier molecular flexibility index (Phi) is 6.56. The Morgan fingerprint density at radius 3 is 2.50 bits per heavy atom. The third-order valence-electron chi connectivity index (χ3n) is 3.65. The van der Waals surface area contributed by atoms with Crippen molar-refractivity contribution in [3.8, 4) is 0 Å². The number of thiazole rings is 1. The maximum Gasteiger partial charge on any atom is 0.325 e. The summed E-state index contributed by atoms with van der Waals surface area (Å²) in [5, 5.41) is 9.11. The molecule has 0 bridgehead atoms. The number of hydrogen-bond acceptors (Lipinski definition) is 5. The van der Waals surface area contributed by atoms with Crippen LogP contribution in [0.5, 0.6) is 0 Å². The molecule has 0 radical (unpaired) electrons. The third kappa shape index (κ3) is 5.25. The fourth-order valence-corrected chi connectivity index (χ4v) is 3.78. The van der Waals surface area contributed by atoms with Gasteiger partial charge in [-0.2, -0.15) is 0 Å². The van der Waals surface area contributed by atoms with Gasteiger partial charge in [-0.15, -0.1) is 11.8 Å². The molecule has 0 aliphatic rings. The van der Waals surface area contributed by atoms with Gasteiger partial charge in [0.25, 0.3) is 5.91 Å². The Balaban J connectivity index is 1.65. The van der Waals surface area contributed by atoms with Crippen molar-refractivity contribution in [2.75, 3.05) is 22.2 Å². The fraction of sp³-hybridized carbons (Fsp3) is 0.105. The van der Waals surface area contributed by atoms with Crippen molar-refractivity contribution in [1.82, 2.24) is 4.98 Å². The van der Waals surface area contributed by atoms with Crippen molar-refractivity contribution >= 4 is 63.1 Å². The molecule has 0 saturated heterocycles. The van der Waals surface area contributed by atoms with Crippen molar-refractivity contribution in [2.24, 2.45) is 0 Å². The van der Waals surface area contributed by atoms with Crippen molar-refractivity contribution in [3.63, 3.8) is 0 Å². The van der Waals surface area contributed by atoms with E-state index >= 15 is 0 Å². The third-order valence-corrected chi connectivity index (χ3v) is 5.70. The Bertz CT molecular complexity index is 1010. The molecule has 0 aliphatic heterocycles. The number of hydrogen-bond donors (Lipinski definition) is 3. The summed E-state index contributed by atoms with van der Waals surface area (Å²) in [4.78, 5) is 30.5. The molecule has 3 rings (SSSR count). The van der Waals surface area contributed by atoms with Crippen LogP contribution in [0.2, 0.25) is 5.02 Å². The van der Waals surface area contributed by atoms with E-state index in [0.717, 1.165) is 16.2 Å². The molecule has 2 aromatic carbocycles. The first kappa shape index (κ1) is 20.2. The highest BCUT2D eigenvalue weighted by molar-refractivity contribution is 7.98. The first-order chi connectivity index (χ1) is 13.4. The van der Waals surface area contributed by atoms with E-state index in [1.54, 1.807) is 43.0 Å². The normalized spacial score (nSPS) is 10.4. The van der Waals surface area contributed by atoms with Crippen LogP contribution in [0, 0.1) is 6.92 Å². The van der Waals surface area contributed by atoms with Crippen LogP contribution >= 0.6 is 34.7 Å². The second-order valence-corrected chi connectivity index (χ2v) is 8.02. The van der Waals surface area contributed by atoms with Crippen LogP contribution in [0.25, 0.3) is 0 Å². The van der Waals surface area contributed by atoms with E-state index in [1.807, 2.05) is 30.5 Å². The van der Waals surface area contributed by atoms with Gasteiger partial charge in [0.1, 0.15) is 4.88 Å². The van der Waals surface area contributed by atoms with E-state index in [0.29, 0.717) is 32.1 Å². The maximum atomic E-state index is 12.6. The van der Waals surface area contributed by atoms with Gasteiger partial charge in [-0.1, -0.05) is 29.0 Å². The van der Waals surface area contributed by atoms with E-state index in [-0.39, 0.29) is 5.91 Å². The highest BCUT2D eigenvalue weighted by Crippen LogP contribution is 2.25. The van der Waals surface area contributed by atoms with Gasteiger partial charge in [0.15, 0.2) is 5.13 Å². The van der Waals surface area contributed by atoms with Crippen LogP contribution in [0.4, 0.5) is 21.3 Å². The number of nitrogens with zero attached hydrogens (tertiary/aromatic N) is 1. The summed E-state index contributed by atoms with van der Waals surface area (Å²) in [5.41, 5.74) is 1.85. The Labute approximate surface area is 175 Å². The number of thioether (sulfide) groups is 1. The van der Waals surface area contributed by atoms with E-state index in [1.165, 1.54) is 0 Å². The number of urea groups is 1. The van der Waals surface area contributed by atoms with Crippen LogP contribution in [0.1, 0.15) is 15.4 Å². The largest absolute Gasteiger partial charge is 0.325 e. The number of nitrogens with one attached hydrogen (secondary N) is 3. The van der Waals surface area contributed by atoms with Gasteiger partial charge in [-0.25, -0.2) is 9.78 Å². The number of aryl methyl sites for hydroxylation is 1. The molecule has 0 fully saturated rings. The average Bonchev–Trinajstić information content (AvgIpc) is 3.04. The van der Waals surface area contributed by atoms with Gasteiger partial charge in [-0.05, 0) is 55.6 Å². The zero-order chi connectivity index (χ0) is 20.1. The minimum Gasteiger partial charge on any atom is -0.321 e. The molecular weight excluding hydrogens is 416 g/mol. The van der Waals surface area contributed by atoms with Gasteiger partial charge < -0.3 is 10.6 Å². The predicted octanol–water partition coefficient (Wildman–Crippen LogP) is 5.72. The number of rotatable bonds is 5. The summed E-state index contributed by atoms with van der Waals surface area (Å²) in [6.45, 7) is 1.73. The molecule has 3 aromatic rings. The van der Waals surface area contributed by atoms with Gasteiger partial charge in [0.2, 0.25) is 0 Å². The number of amides is 3. The summed E-state index contributed by atoms with van der Waals surface area (Å²) >= 11 is 8.54. The van der Waals surface area contributed by atoms with Crippen molar-refractivity contribution < 1.29 is 9.59 Å². The maximum absolute atomic E-state index is 12.6. The molecule has 0 unspecified atom stereocenters. The molecule has 1 heterocycles. The van der Waals surface area contributed by atoms with Gasteiger partial charge in [0, 0.05) is 21.3 Å². The minimum absolute atomic E-state index is 0.264. The molecule has 3 amide bonds. The first-order valence-corrected chi connectivity index (χ1v) is 10.6. The smallest absolute Gasteiger partial charge is 0.321 e. The summed E-state index contributed by atoms with van der Waals surface area (Å²) in [6.07, 6.45) is 1.97. The molecule has 6 nitrogen and oxygen atoms in total. The predicted molar refractivity (Wildman–Crippen MR) is 117 cm³/mol. The molecule has 144 valence electrons. The van der Waals surface area contributed by atoms with Gasteiger partial charge in [-0.3, -0.25) is 10.1 Å². The number of anilines is 3. The monoisotopic (exact) mass is 432 g/mol. The lowest BCUT2D eigenvalue weighted by Crippen LogP contribution is -2.19. The van der Waals surface area contributed by atoms with E-state index in [4.69, 9.17) is 11.6 Å².